The van der Waals surface area contributed by atoms with Crippen LogP contribution < -0.4 is 5.32 Å². The average Bonchev–Trinajstić information content (AvgIpc) is 3.01. The van der Waals surface area contributed by atoms with Crippen LogP contribution in [0, 0.1) is 0 Å². The van der Waals surface area contributed by atoms with Crippen LogP contribution in [0.15, 0.2) is 112 Å². The molecule has 0 saturated heterocycles. The minimum Gasteiger partial charge on any atom is -0.352 e. The molecule has 4 aromatic rings. The fourth-order valence-electron chi connectivity index (χ4n) is 3.81. The molecule has 5 rings (SSSR count). The maximum absolute atomic E-state index is 12.8. The van der Waals surface area contributed by atoms with Gasteiger partial charge in [-0.05, 0) is 48.4 Å². The molecule has 0 bridgehead atoms. The molecule has 1 heterocycles. The number of nitrogens with one attached hydrogen (secondary N) is 1. The predicted molar refractivity (Wildman–Crippen MR) is 136 cm³/mol. The second-order valence-electron chi connectivity index (χ2n) is 7.74. The van der Waals surface area contributed by atoms with Crippen LogP contribution in [-0.2, 0) is 6.42 Å². The van der Waals surface area contributed by atoms with E-state index in [0.29, 0.717) is 17.1 Å². The molecular weight excluding hydrogens is 448 g/mol. The topological polar surface area (TPSA) is 41.5 Å². The summed E-state index contributed by atoms with van der Waals surface area (Å²) in [5.74, 6) is -0.0972. The van der Waals surface area contributed by atoms with E-state index in [-0.39, 0.29) is 5.91 Å². The third-order valence-electron chi connectivity index (χ3n) is 5.46. The van der Waals surface area contributed by atoms with Gasteiger partial charge in [0.2, 0.25) is 0 Å². The first-order valence-corrected chi connectivity index (χ1v) is 11.9. The lowest BCUT2D eigenvalue weighted by Gasteiger charge is -2.09. The molecule has 0 fully saturated rings. The van der Waals surface area contributed by atoms with Gasteiger partial charge in [-0.2, -0.15) is 0 Å². The highest BCUT2D eigenvalue weighted by Gasteiger charge is 2.20. The van der Waals surface area contributed by atoms with E-state index in [1.165, 1.54) is 5.56 Å². The standard InChI is InChI=1S/C28H21ClN2OS/c29-22-10-6-9-20(17-22)27-23-11-4-5-12-25(23)33-26-14-13-21(18-24(26)31-27)28(32)30-16-15-19-7-2-1-3-8-19/h1-14,17-18H,15-16H2,(H,30,32). The molecule has 3 nitrogen and oxygen atoms in total. The van der Waals surface area contributed by atoms with Crippen LogP contribution in [0.1, 0.15) is 27.0 Å². The van der Waals surface area contributed by atoms with Crippen molar-refractivity contribution in [1.29, 1.82) is 0 Å². The van der Waals surface area contributed by atoms with Gasteiger partial charge in [0.05, 0.1) is 11.4 Å². The van der Waals surface area contributed by atoms with Crippen molar-refractivity contribution in [2.75, 3.05) is 6.54 Å². The van der Waals surface area contributed by atoms with Crippen molar-refractivity contribution in [3.63, 3.8) is 0 Å². The van der Waals surface area contributed by atoms with Gasteiger partial charge in [-0.15, -0.1) is 0 Å². The first-order chi connectivity index (χ1) is 16.2. The molecular formula is C28H21ClN2OS. The van der Waals surface area contributed by atoms with Gasteiger partial charge in [-0.3, -0.25) is 4.79 Å². The zero-order valence-electron chi connectivity index (χ0n) is 17.8. The van der Waals surface area contributed by atoms with Crippen LogP contribution in [0.4, 0.5) is 5.69 Å². The van der Waals surface area contributed by atoms with E-state index in [0.717, 1.165) is 38.7 Å². The van der Waals surface area contributed by atoms with E-state index in [1.54, 1.807) is 11.8 Å². The SMILES string of the molecule is O=C(NCCc1ccccc1)c1ccc2c(c1)N=C(c1cccc(Cl)c1)c1ccccc1S2. The molecule has 33 heavy (non-hydrogen) atoms. The van der Waals surface area contributed by atoms with Crippen LogP contribution >= 0.6 is 23.4 Å². The van der Waals surface area contributed by atoms with Crippen molar-refractivity contribution in [3.05, 3.63) is 124 Å². The maximum atomic E-state index is 12.8. The number of rotatable bonds is 5. The Balaban J connectivity index is 1.46. The van der Waals surface area contributed by atoms with Crippen molar-refractivity contribution in [1.82, 2.24) is 5.32 Å². The Morgan fingerprint density at radius 3 is 2.52 bits per heavy atom. The molecule has 162 valence electrons. The number of fused-ring (bicyclic) bond motifs is 2. The summed E-state index contributed by atoms with van der Waals surface area (Å²) < 4.78 is 0. The fourth-order valence-corrected chi connectivity index (χ4v) is 5.00. The Morgan fingerprint density at radius 1 is 0.848 bits per heavy atom. The van der Waals surface area contributed by atoms with Crippen molar-refractivity contribution < 1.29 is 4.79 Å². The first-order valence-electron chi connectivity index (χ1n) is 10.8. The van der Waals surface area contributed by atoms with Gasteiger partial charge in [0.25, 0.3) is 5.91 Å². The largest absolute Gasteiger partial charge is 0.352 e. The van der Waals surface area contributed by atoms with Gasteiger partial charge < -0.3 is 5.32 Å². The van der Waals surface area contributed by atoms with Crippen LogP contribution in [0.25, 0.3) is 0 Å². The molecule has 1 aliphatic rings. The smallest absolute Gasteiger partial charge is 0.251 e. The fraction of sp³-hybridized carbons (Fsp3) is 0.0714. The Morgan fingerprint density at radius 2 is 1.67 bits per heavy atom. The third-order valence-corrected chi connectivity index (χ3v) is 6.83. The lowest BCUT2D eigenvalue weighted by atomic mass is 10.0. The summed E-state index contributed by atoms with van der Waals surface area (Å²) in [6.45, 7) is 0.581. The number of carbonyl (C=O) groups excluding carboxylic acids is 1. The molecule has 1 aliphatic heterocycles. The molecule has 1 amide bonds. The second kappa shape index (κ2) is 9.65. The summed E-state index contributed by atoms with van der Waals surface area (Å²) >= 11 is 7.94. The molecule has 0 atom stereocenters. The lowest BCUT2D eigenvalue weighted by Crippen LogP contribution is -2.25. The number of hydrogen-bond donors (Lipinski definition) is 1. The molecule has 4 aromatic carbocycles. The monoisotopic (exact) mass is 468 g/mol. The molecule has 0 unspecified atom stereocenters. The Labute approximate surface area is 202 Å². The van der Waals surface area contributed by atoms with E-state index in [2.05, 4.69) is 29.6 Å². The Hall–Kier alpha value is -3.34. The van der Waals surface area contributed by atoms with Gasteiger partial charge >= 0.3 is 0 Å². The molecule has 1 N–H and O–H groups in total. The summed E-state index contributed by atoms with van der Waals surface area (Å²) in [6, 6.07) is 31.8. The van der Waals surface area contributed by atoms with Gasteiger partial charge in [-0.1, -0.05) is 84.0 Å². The number of nitrogens with zero attached hydrogens (tertiary/aromatic N) is 1. The number of halogens is 1. The molecule has 0 radical (unpaired) electrons. The van der Waals surface area contributed by atoms with Crippen molar-refractivity contribution in [3.8, 4) is 0 Å². The summed E-state index contributed by atoms with van der Waals surface area (Å²) in [5.41, 5.74) is 5.42. The maximum Gasteiger partial charge on any atom is 0.251 e. The summed E-state index contributed by atoms with van der Waals surface area (Å²) in [7, 11) is 0. The van der Waals surface area contributed by atoms with Crippen molar-refractivity contribution >= 4 is 40.7 Å². The zero-order chi connectivity index (χ0) is 22.6. The van der Waals surface area contributed by atoms with Gasteiger partial charge in [0.15, 0.2) is 0 Å². The van der Waals surface area contributed by atoms with Crippen LogP contribution in [0.5, 0.6) is 0 Å². The number of carbonyl (C=O) groups is 1. The highest BCUT2D eigenvalue weighted by molar-refractivity contribution is 7.99. The first kappa shape index (κ1) is 21.5. The van der Waals surface area contributed by atoms with Gasteiger partial charge in [-0.25, -0.2) is 4.99 Å². The molecule has 0 saturated carbocycles. The number of amides is 1. The van der Waals surface area contributed by atoms with E-state index in [9.17, 15) is 4.79 Å². The normalized spacial score (nSPS) is 12.2. The van der Waals surface area contributed by atoms with Crippen LogP contribution in [0.2, 0.25) is 5.02 Å². The summed E-state index contributed by atoms with van der Waals surface area (Å²) in [5, 5.41) is 3.69. The van der Waals surface area contributed by atoms with E-state index >= 15 is 0 Å². The zero-order valence-corrected chi connectivity index (χ0v) is 19.4. The van der Waals surface area contributed by atoms with Crippen molar-refractivity contribution in [2.45, 2.75) is 16.2 Å². The van der Waals surface area contributed by atoms with E-state index in [4.69, 9.17) is 16.6 Å². The summed E-state index contributed by atoms with van der Waals surface area (Å²) in [4.78, 5) is 20.0. The van der Waals surface area contributed by atoms with Gasteiger partial charge in [0, 0.05) is 38.0 Å². The highest BCUT2D eigenvalue weighted by Crippen LogP contribution is 2.41. The third kappa shape index (κ3) is 4.87. The van der Waals surface area contributed by atoms with E-state index < -0.39 is 0 Å². The average molecular weight is 469 g/mol. The molecule has 5 heteroatoms. The molecule has 0 aromatic heterocycles. The van der Waals surface area contributed by atoms with E-state index in [1.807, 2.05) is 72.8 Å². The number of aliphatic imine (C=N–C) groups is 1. The highest BCUT2D eigenvalue weighted by atomic mass is 35.5. The number of hydrogen-bond acceptors (Lipinski definition) is 3. The predicted octanol–water partition coefficient (Wildman–Crippen LogP) is 6.95. The number of benzene rings is 4. The van der Waals surface area contributed by atoms with Crippen LogP contribution in [0.3, 0.4) is 0 Å². The Kier molecular flexibility index (Phi) is 6.29. The van der Waals surface area contributed by atoms with Gasteiger partial charge in [0.1, 0.15) is 0 Å². The van der Waals surface area contributed by atoms with Crippen molar-refractivity contribution in [2.24, 2.45) is 4.99 Å². The molecule has 0 aliphatic carbocycles. The minimum atomic E-state index is -0.0972. The molecule has 0 spiro atoms. The summed E-state index contributed by atoms with van der Waals surface area (Å²) in [6.07, 6.45) is 0.791. The lowest BCUT2D eigenvalue weighted by molar-refractivity contribution is 0.0954. The quantitative estimate of drug-likeness (QED) is 0.303. The van der Waals surface area contributed by atoms with Crippen LogP contribution in [-0.4, -0.2) is 18.2 Å². The Bertz CT molecular complexity index is 1350. The second-order valence-corrected chi connectivity index (χ2v) is 9.26. The minimum absolute atomic E-state index is 0.0972.